The van der Waals surface area contributed by atoms with Crippen molar-refractivity contribution in [3.63, 3.8) is 0 Å². The summed E-state index contributed by atoms with van der Waals surface area (Å²) in [7, 11) is 0.0329. The van der Waals surface area contributed by atoms with E-state index < -0.39 is 0 Å². The molecule has 1 unspecified atom stereocenters. The van der Waals surface area contributed by atoms with Gasteiger partial charge in [-0.3, -0.25) is 4.79 Å². The zero-order valence-corrected chi connectivity index (χ0v) is 17.0. The number of hydrogen-bond donors (Lipinski definition) is 0. The molecule has 0 heterocycles. The summed E-state index contributed by atoms with van der Waals surface area (Å²) in [5.74, 6) is 1.50. The zero-order valence-electron chi connectivity index (χ0n) is 16.0. The largest absolute Gasteiger partial charge is 1.00 e. The van der Waals surface area contributed by atoms with Crippen molar-refractivity contribution in [1.29, 1.82) is 0 Å². The molecular weight excluding hydrogens is 326 g/mol. The van der Waals surface area contributed by atoms with Crippen molar-refractivity contribution in [3.8, 4) is 11.5 Å². The van der Waals surface area contributed by atoms with Gasteiger partial charge in [0, 0.05) is 16.9 Å². The van der Waals surface area contributed by atoms with Crippen LogP contribution in [-0.2, 0) is 0 Å². The Morgan fingerprint density at radius 2 is 1.56 bits per heavy atom. The van der Waals surface area contributed by atoms with Crippen molar-refractivity contribution in [2.45, 2.75) is 34.6 Å². The summed E-state index contributed by atoms with van der Waals surface area (Å²) in [6, 6.07) is 9.83. The molecular formula is C20H25LiO3P+. The fourth-order valence-corrected chi connectivity index (χ4v) is 4.06. The average molecular weight is 351 g/mol. The molecule has 25 heavy (non-hydrogen) atoms. The number of carbonyl (C=O) groups excluding carboxylic acids is 1. The second-order valence-corrected chi connectivity index (χ2v) is 6.99. The summed E-state index contributed by atoms with van der Waals surface area (Å²) >= 11 is 0. The van der Waals surface area contributed by atoms with Gasteiger partial charge in [0.15, 0.2) is 5.52 Å². The number of hydrogen-bond acceptors (Lipinski definition) is 3. The van der Waals surface area contributed by atoms with Crippen LogP contribution < -0.4 is 33.6 Å². The molecule has 0 amide bonds. The topological polar surface area (TPSA) is 35.5 Å². The Morgan fingerprint density at radius 3 is 2.12 bits per heavy atom. The van der Waals surface area contributed by atoms with E-state index in [4.69, 9.17) is 9.47 Å². The predicted molar refractivity (Wildman–Crippen MR) is 102 cm³/mol. The SMILES string of the molecule is CCOc1ccc(PC(=O)c2c(C)cc(C)cc2C)c(OCC)c1.[Li+]. The van der Waals surface area contributed by atoms with Gasteiger partial charge in [-0.15, -0.1) is 0 Å². The fourth-order valence-electron chi connectivity index (χ4n) is 2.86. The molecule has 1 atom stereocenters. The fraction of sp³-hybridized carbons (Fsp3) is 0.350. The minimum atomic E-state index is 0. The minimum Gasteiger partial charge on any atom is -0.494 e. The molecule has 0 spiro atoms. The maximum absolute atomic E-state index is 12.9. The first kappa shape index (κ1) is 21.8. The van der Waals surface area contributed by atoms with Gasteiger partial charge in [-0.1, -0.05) is 17.7 Å². The molecule has 0 N–H and O–H groups in total. The van der Waals surface area contributed by atoms with Gasteiger partial charge in [-0.2, -0.15) is 0 Å². The summed E-state index contributed by atoms with van der Waals surface area (Å²) in [6.07, 6.45) is 0. The maximum Gasteiger partial charge on any atom is 1.00 e. The van der Waals surface area contributed by atoms with Crippen molar-refractivity contribution >= 4 is 19.4 Å². The van der Waals surface area contributed by atoms with E-state index in [0.29, 0.717) is 13.2 Å². The monoisotopic (exact) mass is 351 g/mol. The Balaban J connectivity index is 0.00000312. The minimum absolute atomic E-state index is 0. The van der Waals surface area contributed by atoms with E-state index in [1.807, 2.05) is 45.9 Å². The molecule has 128 valence electrons. The van der Waals surface area contributed by atoms with Crippen LogP contribution in [0, 0.1) is 20.8 Å². The number of rotatable bonds is 7. The van der Waals surface area contributed by atoms with Crippen LogP contribution in [0.25, 0.3) is 0 Å². The van der Waals surface area contributed by atoms with Crippen LogP contribution in [0.3, 0.4) is 0 Å². The Bertz CT molecular complexity index is 721. The molecule has 0 fully saturated rings. The van der Waals surface area contributed by atoms with E-state index in [1.54, 1.807) is 0 Å². The van der Waals surface area contributed by atoms with Crippen LogP contribution in [-0.4, -0.2) is 18.7 Å². The average Bonchev–Trinajstić information content (AvgIpc) is 2.49. The third-order valence-electron chi connectivity index (χ3n) is 3.72. The van der Waals surface area contributed by atoms with Crippen LogP contribution in [0.15, 0.2) is 30.3 Å². The first-order valence-electron chi connectivity index (χ1n) is 8.25. The van der Waals surface area contributed by atoms with Crippen molar-refractivity contribution in [3.05, 3.63) is 52.6 Å². The van der Waals surface area contributed by atoms with Gasteiger partial charge in [0.05, 0.1) is 13.2 Å². The van der Waals surface area contributed by atoms with E-state index in [2.05, 4.69) is 19.1 Å². The van der Waals surface area contributed by atoms with Crippen LogP contribution >= 0.6 is 8.58 Å². The van der Waals surface area contributed by atoms with Gasteiger partial charge in [-0.05, 0) is 66.5 Å². The third-order valence-corrected chi connectivity index (χ3v) is 4.88. The summed E-state index contributed by atoms with van der Waals surface area (Å²) in [5.41, 5.74) is 4.23. The van der Waals surface area contributed by atoms with Crippen molar-refractivity contribution in [1.82, 2.24) is 0 Å². The molecule has 0 saturated heterocycles. The Kier molecular flexibility index (Phi) is 8.73. The van der Waals surface area contributed by atoms with Gasteiger partial charge >= 0.3 is 18.9 Å². The molecule has 5 heteroatoms. The van der Waals surface area contributed by atoms with Gasteiger partial charge < -0.3 is 9.47 Å². The molecule has 0 saturated carbocycles. The molecule has 2 aromatic carbocycles. The second-order valence-electron chi connectivity index (χ2n) is 5.75. The van der Waals surface area contributed by atoms with E-state index >= 15 is 0 Å². The molecule has 0 aliphatic heterocycles. The first-order valence-corrected chi connectivity index (χ1v) is 9.25. The van der Waals surface area contributed by atoms with Crippen molar-refractivity contribution in [2.75, 3.05) is 13.2 Å². The molecule has 0 radical (unpaired) electrons. The quantitative estimate of drug-likeness (QED) is 0.561. The smallest absolute Gasteiger partial charge is 0.494 e. The molecule has 0 aromatic heterocycles. The molecule has 0 aliphatic rings. The number of carbonyl (C=O) groups is 1. The van der Waals surface area contributed by atoms with Crippen LogP contribution in [0.2, 0.25) is 0 Å². The summed E-state index contributed by atoms with van der Waals surface area (Å²) in [5, 5.41) is 0.921. The van der Waals surface area contributed by atoms with Crippen LogP contribution in [0.1, 0.15) is 40.9 Å². The van der Waals surface area contributed by atoms with Crippen molar-refractivity contribution in [2.24, 2.45) is 0 Å². The zero-order chi connectivity index (χ0) is 17.7. The van der Waals surface area contributed by atoms with Gasteiger partial charge in [0.1, 0.15) is 11.5 Å². The molecule has 0 bridgehead atoms. The summed E-state index contributed by atoms with van der Waals surface area (Å²) in [4.78, 5) is 12.9. The van der Waals surface area contributed by atoms with Gasteiger partial charge in [0.2, 0.25) is 0 Å². The molecule has 0 aliphatic carbocycles. The maximum atomic E-state index is 12.9. The van der Waals surface area contributed by atoms with E-state index in [0.717, 1.165) is 33.5 Å². The second kappa shape index (κ2) is 10.0. The van der Waals surface area contributed by atoms with E-state index in [1.165, 1.54) is 5.56 Å². The molecule has 3 nitrogen and oxygen atoms in total. The first-order chi connectivity index (χ1) is 11.5. The van der Waals surface area contributed by atoms with Gasteiger partial charge in [0.25, 0.3) is 0 Å². The predicted octanol–water partition coefficient (Wildman–Crippen LogP) is 1.56. The normalized spacial score (nSPS) is 10.6. The summed E-state index contributed by atoms with van der Waals surface area (Å²) in [6.45, 7) is 11.1. The van der Waals surface area contributed by atoms with Crippen LogP contribution in [0.5, 0.6) is 11.5 Å². The molecule has 2 aromatic rings. The third kappa shape index (κ3) is 5.61. The Morgan fingerprint density at radius 1 is 0.960 bits per heavy atom. The summed E-state index contributed by atoms with van der Waals surface area (Å²) < 4.78 is 11.2. The van der Waals surface area contributed by atoms with Gasteiger partial charge in [-0.25, -0.2) is 0 Å². The standard InChI is InChI=1S/C20H25O3P.Li/c1-6-22-16-8-9-18(17(12-16)23-7-2)24-20(21)19-14(4)10-13(3)11-15(19)5;/h8-12,24H,6-7H2,1-5H3;/q;+1. The number of ether oxygens (including phenoxy) is 2. The van der Waals surface area contributed by atoms with E-state index in [9.17, 15) is 4.79 Å². The Labute approximate surface area is 164 Å². The number of benzene rings is 2. The number of aryl methyl sites for hydroxylation is 3. The van der Waals surface area contributed by atoms with Crippen molar-refractivity contribution < 1.29 is 33.1 Å². The molecule has 2 rings (SSSR count). The Hall–Kier alpha value is -1.26. The van der Waals surface area contributed by atoms with Crippen LogP contribution in [0.4, 0.5) is 0 Å². The van der Waals surface area contributed by atoms with E-state index in [-0.39, 0.29) is 33.0 Å².